The van der Waals surface area contributed by atoms with Crippen LogP contribution in [0.2, 0.25) is 10.0 Å². The normalized spacial score (nSPS) is 14.7. The molecule has 3 aromatic carbocycles. The number of carbonyl (C=O) groups is 3. The number of nitrogens with zero attached hydrogens (tertiary/aromatic N) is 1. The molecule has 0 radical (unpaired) electrons. The van der Waals surface area contributed by atoms with Crippen molar-refractivity contribution >= 4 is 62.9 Å². The Morgan fingerprint density at radius 2 is 1.71 bits per heavy atom. The third kappa shape index (κ3) is 6.45. The number of amides is 4. The van der Waals surface area contributed by atoms with E-state index in [1.165, 1.54) is 54.6 Å². The summed E-state index contributed by atoms with van der Waals surface area (Å²) in [6.45, 7) is 7.42. The summed E-state index contributed by atoms with van der Waals surface area (Å²) in [5.74, 6) is -1.80. The Bertz CT molecular complexity index is 1700. The van der Waals surface area contributed by atoms with E-state index < -0.39 is 28.0 Å². The Balaban J connectivity index is 1.78. The van der Waals surface area contributed by atoms with Crippen molar-refractivity contribution in [2.24, 2.45) is 0 Å². The van der Waals surface area contributed by atoms with E-state index in [1.807, 2.05) is 6.92 Å². The van der Waals surface area contributed by atoms with Crippen LogP contribution in [0.4, 0.5) is 10.5 Å². The summed E-state index contributed by atoms with van der Waals surface area (Å²) in [4.78, 5) is 39.4. The summed E-state index contributed by atoms with van der Waals surface area (Å²) < 4.78 is 37.4. The van der Waals surface area contributed by atoms with E-state index in [1.54, 1.807) is 19.1 Å². The molecular weight excluding hydrogens is 591 g/mol. The van der Waals surface area contributed by atoms with Gasteiger partial charge in [0.15, 0.2) is 11.5 Å². The van der Waals surface area contributed by atoms with E-state index in [-0.39, 0.29) is 50.7 Å². The molecule has 4 rings (SSSR count). The molecule has 1 saturated heterocycles. The molecule has 1 N–H and O–H groups in total. The Kier molecular flexibility index (Phi) is 8.86. The molecule has 1 aliphatic heterocycles. The zero-order chi connectivity index (χ0) is 29.9. The van der Waals surface area contributed by atoms with Crippen molar-refractivity contribution in [3.05, 3.63) is 99.6 Å². The predicted octanol–water partition coefficient (Wildman–Crippen LogP) is 5.86. The van der Waals surface area contributed by atoms with Gasteiger partial charge < -0.3 is 8.92 Å². The first-order valence-corrected chi connectivity index (χ1v) is 14.4. The van der Waals surface area contributed by atoms with Gasteiger partial charge >= 0.3 is 16.1 Å². The number of anilines is 1. The second-order valence-corrected chi connectivity index (χ2v) is 11.2. The first kappa shape index (κ1) is 29.9. The fourth-order valence-electron chi connectivity index (χ4n) is 3.98. The molecule has 3 aromatic rings. The number of aryl methyl sites for hydroxylation is 1. The largest absolute Gasteiger partial charge is 0.490 e. The fourth-order valence-corrected chi connectivity index (χ4v) is 5.24. The average Bonchev–Trinajstić information content (AvgIpc) is 2.91. The maximum atomic E-state index is 13.4. The molecule has 4 amide bonds. The molecule has 12 heteroatoms. The van der Waals surface area contributed by atoms with Crippen molar-refractivity contribution in [3.8, 4) is 11.5 Å². The zero-order valence-electron chi connectivity index (χ0n) is 21.9. The van der Waals surface area contributed by atoms with E-state index in [9.17, 15) is 22.8 Å². The predicted molar refractivity (Wildman–Crippen MR) is 156 cm³/mol. The molecule has 41 heavy (non-hydrogen) atoms. The van der Waals surface area contributed by atoms with E-state index in [0.717, 1.165) is 10.5 Å². The summed E-state index contributed by atoms with van der Waals surface area (Å²) in [6, 6.07) is 12.3. The minimum absolute atomic E-state index is 0.0437. The van der Waals surface area contributed by atoms with Gasteiger partial charge in [0.2, 0.25) is 0 Å². The van der Waals surface area contributed by atoms with Gasteiger partial charge in [-0.1, -0.05) is 47.0 Å². The molecule has 0 atom stereocenters. The van der Waals surface area contributed by atoms with E-state index in [2.05, 4.69) is 11.9 Å². The van der Waals surface area contributed by atoms with Crippen LogP contribution in [0.3, 0.4) is 0 Å². The third-order valence-corrected chi connectivity index (χ3v) is 7.87. The second kappa shape index (κ2) is 12.2. The standard InChI is InChI=1S/C29H24Cl2N2O7S/c1-4-6-19-13-18(15-25(39-5-2)26(19)40-41(37,38)21-10-7-17(3)8-11-21)14-22-27(34)32-29(36)33(28(22)35)20-9-12-23(30)24(31)16-20/h4,7-16H,1,5-6H2,2-3H3,(H,32,34,36)/b22-14+. The highest BCUT2D eigenvalue weighted by molar-refractivity contribution is 7.87. The number of hydrogen-bond acceptors (Lipinski definition) is 7. The van der Waals surface area contributed by atoms with Crippen LogP contribution in [0.5, 0.6) is 11.5 Å². The van der Waals surface area contributed by atoms with Crippen LogP contribution in [0.1, 0.15) is 23.6 Å². The highest BCUT2D eigenvalue weighted by Gasteiger charge is 2.37. The van der Waals surface area contributed by atoms with Crippen LogP contribution in [0.25, 0.3) is 6.08 Å². The van der Waals surface area contributed by atoms with Crippen LogP contribution < -0.4 is 19.1 Å². The van der Waals surface area contributed by atoms with Crippen LogP contribution in [-0.2, 0) is 26.1 Å². The first-order chi connectivity index (χ1) is 19.4. The number of carbonyl (C=O) groups excluding carboxylic acids is 3. The highest BCUT2D eigenvalue weighted by Crippen LogP contribution is 2.37. The number of nitrogens with one attached hydrogen (secondary N) is 1. The van der Waals surface area contributed by atoms with Gasteiger partial charge in [0.1, 0.15) is 10.5 Å². The molecule has 0 saturated carbocycles. The van der Waals surface area contributed by atoms with Crippen LogP contribution in [-0.4, -0.2) is 32.9 Å². The molecule has 0 spiro atoms. The third-order valence-electron chi connectivity index (χ3n) is 5.89. The lowest BCUT2D eigenvalue weighted by Crippen LogP contribution is -2.54. The SMILES string of the molecule is C=CCc1cc(/C=C2\C(=O)NC(=O)N(c3ccc(Cl)c(Cl)c3)C2=O)cc(OCC)c1OS(=O)(=O)c1ccc(C)cc1. The number of benzene rings is 3. The van der Waals surface area contributed by atoms with Gasteiger partial charge in [0, 0.05) is 5.56 Å². The molecule has 1 fully saturated rings. The van der Waals surface area contributed by atoms with Crippen LogP contribution >= 0.6 is 23.2 Å². The minimum Gasteiger partial charge on any atom is -0.490 e. The molecule has 1 heterocycles. The Morgan fingerprint density at radius 1 is 1.00 bits per heavy atom. The van der Waals surface area contributed by atoms with Crippen molar-refractivity contribution in [2.75, 3.05) is 11.5 Å². The lowest BCUT2D eigenvalue weighted by Gasteiger charge is -2.26. The summed E-state index contributed by atoms with van der Waals surface area (Å²) in [5, 5.41) is 2.47. The monoisotopic (exact) mass is 614 g/mol. The number of urea groups is 1. The summed E-state index contributed by atoms with van der Waals surface area (Å²) in [6.07, 6.45) is 2.97. The van der Waals surface area contributed by atoms with Gasteiger partial charge in [-0.25, -0.2) is 9.69 Å². The number of halogens is 2. The molecule has 9 nitrogen and oxygen atoms in total. The summed E-state index contributed by atoms with van der Waals surface area (Å²) >= 11 is 12.0. The Labute approximate surface area is 247 Å². The lowest BCUT2D eigenvalue weighted by molar-refractivity contribution is -0.122. The van der Waals surface area contributed by atoms with Crippen LogP contribution in [0.15, 0.2) is 77.7 Å². The fraction of sp³-hybridized carbons (Fsp3) is 0.138. The van der Waals surface area contributed by atoms with Gasteiger partial charge in [-0.3, -0.25) is 14.9 Å². The van der Waals surface area contributed by atoms with Crippen molar-refractivity contribution < 1.29 is 31.7 Å². The molecule has 0 bridgehead atoms. The van der Waals surface area contributed by atoms with Gasteiger partial charge in [-0.05, 0) is 74.4 Å². The summed E-state index contributed by atoms with van der Waals surface area (Å²) in [5.41, 5.74) is 1.31. The van der Waals surface area contributed by atoms with Gasteiger partial charge in [0.05, 0.1) is 22.3 Å². The van der Waals surface area contributed by atoms with Crippen molar-refractivity contribution in [2.45, 2.75) is 25.2 Å². The molecule has 0 aliphatic carbocycles. The van der Waals surface area contributed by atoms with Crippen molar-refractivity contribution in [1.82, 2.24) is 5.32 Å². The maximum Gasteiger partial charge on any atom is 0.339 e. The number of barbiturate groups is 1. The maximum absolute atomic E-state index is 13.4. The van der Waals surface area contributed by atoms with Gasteiger partial charge in [0.25, 0.3) is 11.8 Å². The Hall–Kier alpha value is -4.12. The smallest absolute Gasteiger partial charge is 0.339 e. The summed E-state index contributed by atoms with van der Waals surface area (Å²) in [7, 11) is -4.23. The quantitative estimate of drug-likeness (QED) is 0.139. The van der Waals surface area contributed by atoms with Gasteiger partial charge in [-0.15, -0.1) is 6.58 Å². The molecular formula is C29H24Cl2N2O7S. The highest BCUT2D eigenvalue weighted by atomic mass is 35.5. The molecule has 0 unspecified atom stereocenters. The second-order valence-electron chi connectivity index (χ2n) is 8.84. The minimum atomic E-state index is -4.23. The van der Waals surface area contributed by atoms with Crippen molar-refractivity contribution in [3.63, 3.8) is 0 Å². The Morgan fingerprint density at radius 3 is 2.34 bits per heavy atom. The first-order valence-electron chi connectivity index (χ1n) is 12.2. The van der Waals surface area contributed by atoms with Crippen LogP contribution in [0, 0.1) is 6.92 Å². The van der Waals surface area contributed by atoms with Gasteiger partial charge in [-0.2, -0.15) is 8.42 Å². The number of rotatable bonds is 9. The zero-order valence-corrected chi connectivity index (χ0v) is 24.3. The topological polar surface area (TPSA) is 119 Å². The average molecular weight is 615 g/mol. The van der Waals surface area contributed by atoms with E-state index in [0.29, 0.717) is 11.1 Å². The molecule has 0 aromatic heterocycles. The van der Waals surface area contributed by atoms with E-state index in [4.69, 9.17) is 32.1 Å². The number of allylic oxidation sites excluding steroid dienone is 1. The number of hydrogen-bond donors (Lipinski definition) is 1. The molecule has 1 aliphatic rings. The number of ether oxygens (including phenoxy) is 1. The van der Waals surface area contributed by atoms with Crippen molar-refractivity contribution in [1.29, 1.82) is 0 Å². The molecule has 212 valence electrons. The van der Waals surface area contributed by atoms with E-state index >= 15 is 0 Å². The lowest BCUT2D eigenvalue weighted by atomic mass is 10.0. The number of imide groups is 2.